The van der Waals surface area contributed by atoms with E-state index in [0.717, 1.165) is 12.8 Å². The minimum atomic E-state index is -0.238. The Bertz CT molecular complexity index is 554. The van der Waals surface area contributed by atoms with Gasteiger partial charge in [0, 0.05) is 12.0 Å². The van der Waals surface area contributed by atoms with Gasteiger partial charge in [-0.3, -0.25) is 4.79 Å². The van der Waals surface area contributed by atoms with Crippen LogP contribution < -0.4 is 5.73 Å². The number of fused-ring (bicyclic) bond motifs is 2. The van der Waals surface area contributed by atoms with Crippen molar-refractivity contribution in [1.82, 2.24) is 15.0 Å². The SMILES string of the molecule is CC1(C)C2CCC1(C)C(OC(=O)Cn1cc(CN)nn1)C2. The van der Waals surface area contributed by atoms with Crippen molar-refractivity contribution in [3.8, 4) is 0 Å². The summed E-state index contributed by atoms with van der Waals surface area (Å²) in [6.07, 6.45) is 5.09. The molecule has 21 heavy (non-hydrogen) atoms. The van der Waals surface area contributed by atoms with Crippen molar-refractivity contribution < 1.29 is 9.53 Å². The Morgan fingerprint density at radius 3 is 2.81 bits per heavy atom. The maximum Gasteiger partial charge on any atom is 0.328 e. The van der Waals surface area contributed by atoms with Gasteiger partial charge in [0.05, 0.1) is 11.9 Å². The fourth-order valence-electron chi connectivity index (χ4n) is 4.15. The molecule has 2 aliphatic carbocycles. The summed E-state index contributed by atoms with van der Waals surface area (Å²) in [4.78, 5) is 12.2. The molecule has 2 aliphatic rings. The predicted octanol–water partition coefficient (Wildman–Crippen LogP) is 1.49. The number of nitrogens with two attached hydrogens (primary N) is 1. The van der Waals surface area contributed by atoms with Crippen LogP contribution in [-0.4, -0.2) is 27.1 Å². The lowest BCUT2D eigenvalue weighted by molar-refractivity contribution is -0.157. The van der Waals surface area contributed by atoms with E-state index in [4.69, 9.17) is 10.5 Å². The number of carbonyl (C=O) groups excluding carboxylic acids is 1. The fraction of sp³-hybridized carbons (Fsp3) is 0.800. The second-order valence-electron chi connectivity index (χ2n) is 7.20. The van der Waals surface area contributed by atoms with Crippen LogP contribution in [0.1, 0.15) is 45.7 Å². The molecule has 0 aromatic carbocycles. The molecule has 2 bridgehead atoms. The van der Waals surface area contributed by atoms with Gasteiger partial charge in [0.2, 0.25) is 0 Å². The maximum absolute atomic E-state index is 12.2. The van der Waals surface area contributed by atoms with Crippen LogP contribution in [0.15, 0.2) is 6.20 Å². The number of hydrogen-bond acceptors (Lipinski definition) is 5. The van der Waals surface area contributed by atoms with E-state index in [2.05, 4.69) is 31.1 Å². The van der Waals surface area contributed by atoms with Crippen molar-refractivity contribution in [3.63, 3.8) is 0 Å². The van der Waals surface area contributed by atoms with Crippen molar-refractivity contribution in [2.45, 2.75) is 59.2 Å². The Morgan fingerprint density at radius 2 is 2.29 bits per heavy atom. The van der Waals surface area contributed by atoms with Crippen LogP contribution in [-0.2, 0) is 22.6 Å². The molecule has 2 fully saturated rings. The lowest BCUT2D eigenvalue weighted by Gasteiger charge is -2.38. The van der Waals surface area contributed by atoms with E-state index in [1.54, 1.807) is 6.20 Å². The number of esters is 1. The Kier molecular flexibility index (Phi) is 3.31. The highest BCUT2D eigenvalue weighted by atomic mass is 16.5. The van der Waals surface area contributed by atoms with E-state index < -0.39 is 0 Å². The second kappa shape index (κ2) is 4.80. The molecular weight excluding hydrogens is 268 g/mol. The van der Waals surface area contributed by atoms with Gasteiger partial charge < -0.3 is 10.5 Å². The molecule has 0 saturated heterocycles. The van der Waals surface area contributed by atoms with E-state index in [9.17, 15) is 4.79 Å². The first-order valence-corrected chi connectivity index (χ1v) is 7.65. The molecule has 0 aliphatic heterocycles. The summed E-state index contributed by atoms with van der Waals surface area (Å²) in [7, 11) is 0. The highest BCUT2D eigenvalue weighted by Gasteiger charge is 2.62. The zero-order valence-corrected chi connectivity index (χ0v) is 13.0. The normalized spacial score (nSPS) is 33.3. The molecule has 116 valence electrons. The molecule has 2 saturated carbocycles. The zero-order valence-electron chi connectivity index (χ0n) is 13.0. The van der Waals surface area contributed by atoms with E-state index in [0.29, 0.717) is 18.2 Å². The molecular formula is C15H24N4O2. The smallest absolute Gasteiger partial charge is 0.328 e. The Morgan fingerprint density at radius 1 is 1.52 bits per heavy atom. The first-order valence-electron chi connectivity index (χ1n) is 7.65. The summed E-state index contributed by atoms with van der Waals surface area (Å²) >= 11 is 0. The van der Waals surface area contributed by atoms with Crippen LogP contribution in [0, 0.1) is 16.7 Å². The van der Waals surface area contributed by atoms with E-state index >= 15 is 0 Å². The first kappa shape index (κ1) is 14.5. The van der Waals surface area contributed by atoms with Crippen LogP contribution in [0.4, 0.5) is 0 Å². The third-order valence-electron chi connectivity index (χ3n) is 6.07. The minimum Gasteiger partial charge on any atom is -0.460 e. The van der Waals surface area contributed by atoms with Gasteiger partial charge >= 0.3 is 5.97 Å². The maximum atomic E-state index is 12.2. The van der Waals surface area contributed by atoms with Crippen LogP contribution in [0.5, 0.6) is 0 Å². The van der Waals surface area contributed by atoms with Crippen LogP contribution in [0.3, 0.4) is 0 Å². The quantitative estimate of drug-likeness (QED) is 0.850. The van der Waals surface area contributed by atoms with Crippen molar-refractivity contribution >= 4 is 5.97 Å². The molecule has 3 atom stereocenters. The number of ether oxygens (including phenoxy) is 1. The Balaban J connectivity index is 1.64. The minimum absolute atomic E-state index is 0.0243. The molecule has 0 amide bonds. The van der Waals surface area contributed by atoms with Crippen LogP contribution >= 0.6 is 0 Å². The van der Waals surface area contributed by atoms with Crippen molar-refractivity contribution in [1.29, 1.82) is 0 Å². The van der Waals surface area contributed by atoms with Gasteiger partial charge in [-0.25, -0.2) is 4.68 Å². The highest BCUT2D eigenvalue weighted by molar-refractivity contribution is 5.69. The molecule has 2 N–H and O–H groups in total. The van der Waals surface area contributed by atoms with Crippen molar-refractivity contribution in [2.24, 2.45) is 22.5 Å². The summed E-state index contributed by atoms with van der Waals surface area (Å²) in [5, 5.41) is 7.76. The van der Waals surface area contributed by atoms with E-state index in [1.165, 1.54) is 11.1 Å². The topological polar surface area (TPSA) is 83.0 Å². The summed E-state index contributed by atoms with van der Waals surface area (Å²) in [5.41, 5.74) is 6.50. The third-order valence-corrected chi connectivity index (χ3v) is 6.07. The number of nitrogens with zero attached hydrogens (tertiary/aromatic N) is 3. The number of aromatic nitrogens is 3. The van der Waals surface area contributed by atoms with Gasteiger partial charge in [-0.15, -0.1) is 5.10 Å². The van der Waals surface area contributed by atoms with Crippen LogP contribution in [0.25, 0.3) is 0 Å². The summed E-state index contributed by atoms with van der Waals surface area (Å²) in [5.74, 6) is 0.425. The monoisotopic (exact) mass is 292 g/mol. The highest BCUT2D eigenvalue weighted by Crippen LogP contribution is 2.66. The lowest BCUT2D eigenvalue weighted by atomic mass is 9.70. The van der Waals surface area contributed by atoms with E-state index in [1.807, 2.05) is 0 Å². The molecule has 1 aromatic rings. The molecule has 6 heteroatoms. The van der Waals surface area contributed by atoms with Gasteiger partial charge in [-0.05, 0) is 30.6 Å². The molecule has 6 nitrogen and oxygen atoms in total. The molecule has 3 rings (SSSR count). The molecule has 1 aromatic heterocycles. The summed E-state index contributed by atoms with van der Waals surface area (Å²) in [6.45, 7) is 7.31. The molecule has 3 unspecified atom stereocenters. The molecule has 1 heterocycles. The van der Waals surface area contributed by atoms with Gasteiger partial charge in [-0.2, -0.15) is 0 Å². The fourth-order valence-corrected chi connectivity index (χ4v) is 4.15. The number of rotatable bonds is 4. The number of hydrogen-bond donors (Lipinski definition) is 1. The third kappa shape index (κ3) is 2.16. The van der Waals surface area contributed by atoms with Gasteiger partial charge in [-0.1, -0.05) is 26.0 Å². The van der Waals surface area contributed by atoms with Crippen LogP contribution in [0.2, 0.25) is 0 Å². The number of carbonyl (C=O) groups is 1. The molecule has 0 radical (unpaired) electrons. The average Bonchev–Trinajstić information content (AvgIpc) is 3.01. The predicted molar refractivity (Wildman–Crippen MR) is 77.0 cm³/mol. The van der Waals surface area contributed by atoms with Gasteiger partial charge in [0.25, 0.3) is 0 Å². The summed E-state index contributed by atoms with van der Waals surface area (Å²) < 4.78 is 7.26. The van der Waals surface area contributed by atoms with Gasteiger partial charge in [0.15, 0.2) is 0 Å². The Hall–Kier alpha value is -1.43. The Labute approximate surface area is 125 Å². The first-order chi connectivity index (χ1) is 9.86. The van der Waals surface area contributed by atoms with Crippen molar-refractivity contribution in [2.75, 3.05) is 0 Å². The zero-order chi connectivity index (χ0) is 15.3. The average molecular weight is 292 g/mol. The second-order valence-corrected chi connectivity index (χ2v) is 7.20. The van der Waals surface area contributed by atoms with Crippen molar-refractivity contribution in [3.05, 3.63) is 11.9 Å². The van der Waals surface area contributed by atoms with Gasteiger partial charge in [0.1, 0.15) is 12.6 Å². The lowest BCUT2D eigenvalue weighted by Crippen LogP contribution is -2.38. The standard InChI is InChI=1S/C15H24N4O2/c1-14(2)10-4-5-15(14,3)12(6-10)21-13(20)9-19-8-11(7-16)17-18-19/h8,10,12H,4-7,9,16H2,1-3H3. The van der Waals surface area contributed by atoms with E-state index in [-0.39, 0.29) is 29.4 Å². The molecule has 0 spiro atoms. The largest absolute Gasteiger partial charge is 0.460 e. The summed E-state index contributed by atoms with van der Waals surface area (Å²) in [6, 6.07) is 0.